The quantitative estimate of drug-likeness (QED) is 0.909. The first kappa shape index (κ1) is 15.6. The summed E-state index contributed by atoms with van der Waals surface area (Å²) in [6.07, 6.45) is -0.289. The lowest BCUT2D eigenvalue weighted by molar-refractivity contribution is 0.0207. The van der Waals surface area contributed by atoms with Crippen molar-refractivity contribution in [3.8, 4) is 5.75 Å². The van der Waals surface area contributed by atoms with Gasteiger partial charge in [0, 0.05) is 25.6 Å². The second-order valence-electron chi connectivity index (χ2n) is 6.36. The third kappa shape index (κ3) is 3.67. The standard InChI is InChI=1S/C16H24N2O3/c1-16(2,3)21-15(19)18-9-11-5-6-13(20-4)7-14(11)12(8-17)10-18/h5-7,12H,8-10,17H2,1-4H3. The van der Waals surface area contributed by atoms with Gasteiger partial charge in [-0.15, -0.1) is 0 Å². The minimum absolute atomic E-state index is 0.108. The van der Waals surface area contributed by atoms with Gasteiger partial charge in [-0.05, 0) is 44.0 Å². The lowest BCUT2D eigenvalue weighted by Gasteiger charge is -2.35. The first-order valence-electron chi connectivity index (χ1n) is 7.19. The number of hydrogen-bond acceptors (Lipinski definition) is 4. The molecule has 0 saturated carbocycles. The lowest BCUT2D eigenvalue weighted by Crippen LogP contribution is -2.43. The maximum atomic E-state index is 12.2. The van der Waals surface area contributed by atoms with Crippen LogP contribution in [0.3, 0.4) is 0 Å². The monoisotopic (exact) mass is 292 g/mol. The van der Waals surface area contributed by atoms with Crippen molar-refractivity contribution < 1.29 is 14.3 Å². The molecule has 0 saturated heterocycles. The fourth-order valence-corrected chi connectivity index (χ4v) is 2.53. The predicted molar refractivity (Wildman–Crippen MR) is 81.4 cm³/mol. The van der Waals surface area contributed by atoms with E-state index in [2.05, 4.69) is 0 Å². The number of rotatable bonds is 2. The summed E-state index contributed by atoms with van der Waals surface area (Å²) in [5.74, 6) is 0.925. The summed E-state index contributed by atoms with van der Waals surface area (Å²) in [7, 11) is 1.65. The van der Waals surface area contributed by atoms with Crippen LogP contribution in [0.15, 0.2) is 18.2 Å². The second-order valence-corrected chi connectivity index (χ2v) is 6.36. The average Bonchev–Trinajstić information content (AvgIpc) is 2.43. The van der Waals surface area contributed by atoms with E-state index in [-0.39, 0.29) is 12.0 Å². The summed E-state index contributed by atoms with van der Waals surface area (Å²) < 4.78 is 10.7. The zero-order valence-electron chi connectivity index (χ0n) is 13.2. The number of hydrogen-bond donors (Lipinski definition) is 1. The van der Waals surface area contributed by atoms with Gasteiger partial charge in [0.2, 0.25) is 0 Å². The Labute approximate surface area is 126 Å². The average molecular weight is 292 g/mol. The number of carbonyl (C=O) groups is 1. The molecule has 1 aliphatic heterocycles. The number of amides is 1. The highest BCUT2D eigenvalue weighted by atomic mass is 16.6. The van der Waals surface area contributed by atoms with Gasteiger partial charge in [-0.3, -0.25) is 0 Å². The number of ether oxygens (including phenoxy) is 2. The van der Waals surface area contributed by atoms with Crippen molar-refractivity contribution in [1.82, 2.24) is 4.90 Å². The fourth-order valence-electron chi connectivity index (χ4n) is 2.53. The van der Waals surface area contributed by atoms with Crippen LogP contribution in [0.2, 0.25) is 0 Å². The van der Waals surface area contributed by atoms with Gasteiger partial charge in [0.15, 0.2) is 0 Å². The van der Waals surface area contributed by atoms with Crippen LogP contribution in [0, 0.1) is 0 Å². The molecule has 0 bridgehead atoms. The summed E-state index contributed by atoms with van der Waals surface area (Å²) in [4.78, 5) is 14.0. The molecule has 0 aliphatic carbocycles. The molecule has 5 nitrogen and oxygen atoms in total. The molecule has 1 aromatic carbocycles. The van der Waals surface area contributed by atoms with Crippen LogP contribution < -0.4 is 10.5 Å². The van der Waals surface area contributed by atoms with Crippen molar-refractivity contribution in [1.29, 1.82) is 0 Å². The smallest absolute Gasteiger partial charge is 0.410 e. The molecule has 5 heteroatoms. The Kier molecular flexibility index (Phi) is 4.42. The van der Waals surface area contributed by atoms with E-state index in [9.17, 15) is 4.79 Å². The Morgan fingerprint density at radius 3 is 2.71 bits per heavy atom. The van der Waals surface area contributed by atoms with Crippen molar-refractivity contribution in [2.24, 2.45) is 5.73 Å². The molecule has 0 aromatic heterocycles. The van der Waals surface area contributed by atoms with Gasteiger partial charge in [0.25, 0.3) is 0 Å². The van der Waals surface area contributed by atoms with Crippen LogP contribution in [-0.2, 0) is 11.3 Å². The number of methoxy groups -OCH3 is 1. The maximum Gasteiger partial charge on any atom is 0.410 e. The molecule has 1 aliphatic rings. The summed E-state index contributed by atoms with van der Waals surface area (Å²) >= 11 is 0. The number of fused-ring (bicyclic) bond motifs is 1. The van der Waals surface area contributed by atoms with E-state index in [0.29, 0.717) is 19.6 Å². The molecule has 116 valence electrons. The number of nitrogens with zero attached hydrogens (tertiary/aromatic N) is 1. The molecule has 1 heterocycles. The molecule has 2 N–H and O–H groups in total. The van der Waals surface area contributed by atoms with E-state index >= 15 is 0 Å². The van der Waals surface area contributed by atoms with Crippen molar-refractivity contribution in [3.05, 3.63) is 29.3 Å². The topological polar surface area (TPSA) is 64.8 Å². The molecule has 1 unspecified atom stereocenters. The van der Waals surface area contributed by atoms with Crippen LogP contribution in [0.25, 0.3) is 0 Å². The molecular weight excluding hydrogens is 268 g/mol. The molecule has 1 amide bonds. The summed E-state index contributed by atoms with van der Waals surface area (Å²) in [5.41, 5.74) is 7.65. The Morgan fingerprint density at radius 2 is 2.14 bits per heavy atom. The number of benzene rings is 1. The fraction of sp³-hybridized carbons (Fsp3) is 0.562. The highest BCUT2D eigenvalue weighted by Crippen LogP contribution is 2.31. The summed E-state index contributed by atoms with van der Waals surface area (Å²) in [5, 5.41) is 0. The molecule has 21 heavy (non-hydrogen) atoms. The Hall–Kier alpha value is -1.75. The molecular formula is C16H24N2O3. The highest BCUT2D eigenvalue weighted by Gasteiger charge is 2.30. The van der Waals surface area contributed by atoms with Crippen molar-refractivity contribution in [3.63, 3.8) is 0 Å². The molecule has 1 atom stereocenters. The van der Waals surface area contributed by atoms with Gasteiger partial charge in [0.05, 0.1) is 7.11 Å². The normalized spacial score (nSPS) is 18.1. The van der Waals surface area contributed by atoms with Gasteiger partial charge in [-0.2, -0.15) is 0 Å². The van der Waals surface area contributed by atoms with Gasteiger partial charge < -0.3 is 20.1 Å². The van der Waals surface area contributed by atoms with Gasteiger partial charge >= 0.3 is 6.09 Å². The molecule has 0 radical (unpaired) electrons. The Balaban J connectivity index is 2.22. The van der Waals surface area contributed by atoms with E-state index in [4.69, 9.17) is 15.2 Å². The van der Waals surface area contributed by atoms with E-state index in [1.807, 2.05) is 39.0 Å². The predicted octanol–water partition coefficient (Wildman–Crippen LogP) is 2.49. The van der Waals surface area contributed by atoms with E-state index in [0.717, 1.165) is 16.9 Å². The molecule has 0 spiro atoms. The Morgan fingerprint density at radius 1 is 1.43 bits per heavy atom. The first-order valence-corrected chi connectivity index (χ1v) is 7.19. The minimum atomic E-state index is -0.491. The van der Waals surface area contributed by atoms with Crippen molar-refractivity contribution >= 4 is 6.09 Å². The number of nitrogens with two attached hydrogens (primary N) is 1. The molecule has 0 fully saturated rings. The highest BCUT2D eigenvalue weighted by molar-refractivity contribution is 5.69. The van der Waals surface area contributed by atoms with Crippen LogP contribution in [0.4, 0.5) is 4.79 Å². The zero-order valence-corrected chi connectivity index (χ0v) is 13.2. The van der Waals surface area contributed by atoms with E-state index in [1.54, 1.807) is 12.0 Å². The van der Waals surface area contributed by atoms with E-state index < -0.39 is 5.60 Å². The summed E-state index contributed by atoms with van der Waals surface area (Å²) in [6, 6.07) is 5.91. The van der Waals surface area contributed by atoms with Crippen LogP contribution in [-0.4, -0.2) is 36.8 Å². The van der Waals surface area contributed by atoms with Gasteiger partial charge in [0.1, 0.15) is 11.4 Å². The van der Waals surface area contributed by atoms with Crippen LogP contribution >= 0.6 is 0 Å². The van der Waals surface area contributed by atoms with Gasteiger partial charge in [-0.25, -0.2) is 4.79 Å². The number of carbonyl (C=O) groups excluding carboxylic acids is 1. The second kappa shape index (κ2) is 5.93. The molecule has 2 rings (SSSR count). The van der Waals surface area contributed by atoms with Crippen molar-refractivity contribution in [2.45, 2.75) is 38.8 Å². The maximum absolute atomic E-state index is 12.2. The SMILES string of the molecule is COc1ccc2c(c1)C(CN)CN(C(=O)OC(C)(C)C)C2. The first-order chi connectivity index (χ1) is 9.84. The Bertz CT molecular complexity index is 523. The lowest BCUT2D eigenvalue weighted by atomic mass is 9.89. The van der Waals surface area contributed by atoms with Crippen molar-refractivity contribution in [2.75, 3.05) is 20.2 Å². The minimum Gasteiger partial charge on any atom is -0.497 e. The zero-order chi connectivity index (χ0) is 15.6. The van der Waals surface area contributed by atoms with Crippen LogP contribution in [0.5, 0.6) is 5.75 Å². The van der Waals surface area contributed by atoms with Crippen LogP contribution in [0.1, 0.15) is 37.8 Å². The van der Waals surface area contributed by atoms with Gasteiger partial charge in [-0.1, -0.05) is 6.07 Å². The largest absolute Gasteiger partial charge is 0.497 e. The third-order valence-corrected chi connectivity index (χ3v) is 3.53. The summed E-state index contributed by atoms with van der Waals surface area (Å²) in [6.45, 7) is 7.21. The van der Waals surface area contributed by atoms with E-state index in [1.165, 1.54) is 0 Å². The third-order valence-electron chi connectivity index (χ3n) is 3.53. The molecule has 1 aromatic rings.